The predicted molar refractivity (Wildman–Crippen MR) is 85.1 cm³/mol. The first-order valence-electron chi connectivity index (χ1n) is 7.08. The summed E-state index contributed by atoms with van der Waals surface area (Å²) in [5.74, 6) is 1.44. The Bertz CT molecular complexity index is 220. The molecule has 0 aromatic heterocycles. The zero-order valence-corrected chi connectivity index (χ0v) is 15.8. The molecule has 20 heavy (non-hydrogen) atoms. The number of hydrogen-bond acceptors (Lipinski definition) is 4. The molecule has 0 bridgehead atoms. The summed E-state index contributed by atoms with van der Waals surface area (Å²) >= 11 is 10.9. The first-order valence-corrected chi connectivity index (χ1v) is 8.99. The molecule has 0 N–H and O–H groups in total. The standard InChI is InChI=1S/C13H27N3S2.O.Tc/c1-11(2)16-7-3-12(14-5-9-17)13(4-8-16)15-6-10-18;;/h11-13,17-18H,3-10H2,1-2H3;;/q-2;;+4/p-2/t12-,13-;;/m1../s1. The zero-order valence-electron chi connectivity index (χ0n) is 12.3. The van der Waals surface area contributed by atoms with E-state index in [4.69, 9.17) is 39.4 Å². The van der Waals surface area contributed by atoms with E-state index < -0.39 is 0 Å². The molecule has 7 heteroatoms. The normalized spacial score (nSPS) is 24.1. The van der Waals surface area contributed by atoms with Crippen molar-refractivity contribution in [3.63, 3.8) is 0 Å². The van der Waals surface area contributed by atoms with Gasteiger partial charge in [-0.05, 0) is 26.9 Å². The molecule has 117 valence electrons. The second kappa shape index (κ2) is 13.7. The number of hydrogen-bond donors (Lipinski definition) is 0. The second-order valence-corrected chi connectivity index (χ2v) is 5.88. The molecule has 0 aliphatic carbocycles. The van der Waals surface area contributed by atoms with Crippen LogP contribution in [0.4, 0.5) is 0 Å². The topological polar surface area (TPSA) is 48.5 Å². The maximum atomic E-state index is 8.22. The summed E-state index contributed by atoms with van der Waals surface area (Å²) in [6, 6.07) is 1.33. The van der Waals surface area contributed by atoms with Crippen LogP contribution in [0.5, 0.6) is 0 Å². The molecule has 1 heterocycles. The molecule has 0 radical (unpaired) electrons. The zero-order chi connectivity index (χ0) is 15.4. The molecule has 0 unspecified atom stereocenters. The minimum atomic E-state index is 0.359. The van der Waals surface area contributed by atoms with E-state index in [0.29, 0.717) is 18.1 Å². The molecule has 0 spiro atoms. The third-order valence-electron chi connectivity index (χ3n) is 3.51. The van der Waals surface area contributed by atoms with Gasteiger partial charge >= 0.3 is 22.4 Å². The second-order valence-electron chi connectivity index (χ2n) is 5.06. The van der Waals surface area contributed by atoms with Crippen LogP contribution in [-0.4, -0.2) is 60.7 Å². The Morgan fingerprint density at radius 2 is 1.45 bits per heavy atom. The molecule has 1 aliphatic heterocycles. The van der Waals surface area contributed by atoms with Gasteiger partial charge < -0.3 is 40.8 Å². The van der Waals surface area contributed by atoms with Crippen molar-refractivity contribution in [2.24, 2.45) is 0 Å². The van der Waals surface area contributed by atoms with Crippen molar-refractivity contribution in [2.75, 3.05) is 37.7 Å². The summed E-state index contributed by atoms with van der Waals surface area (Å²) in [6.07, 6.45) is 2.22. The van der Waals surface area contributed by atoms with E-state index >= 15 is 0 Å². The van der Waals surface area contributed by atoms with E-state index in [0.717, 1.165) is 69.4 Å². The van der Waals surface area contributed by atoms with Gasteiger partial charge in [-0.25, -0.2) is 0 Å². The van der Waals surface area contributed by atoms with Crippen LogP contribution in [0.25, 0.3) is 10.6 Å². The molecule has 0 saturated carbocycles. The van der Waals surface area contributed by atoms with Crippen molar-refractivity contribution >= 4 is 25.3 Å². The van der Waals surface area contributed by atoms with Crippen LogP contribution in [0.1, 0.15) is 26.7 Å². The molecule has 0 aromatic carbocycles. The molecular formula is C13H25N3OS2Tc. The quantitative estimate of drug-likeness (QED) is 0.612. The fourth-order valence-electron chi connectivity index (χ4n) is 2.47. The maximum absolute atomic E-state index is 8.22. The summed E-state index contributed by atoms with van der Waals surface area (Å²) in [6.45, 7) is 8.36. The Labute approximate surface area is 145 Å². The van der Waals surface area contributed by atoms with Crippen LogP contribution in [-0.2, 0) is 47.6 Å². The van der Waals surface area contributed by atoms with Gasteiger partial charge in [0.1, 0.15) is 0 Å². The molecule has 0 amide bonds. The molecule has 0 aromatic rings. The number of likely N-dealkylation sites (tertiary alicyclic amines) is 1. The monoisotopic (exact) mass is 400 g/mol. The van der Waals surface area contributed by atoms with Crippen molar-refractivity contribution in [2.45, 2.75) is 44.8 Å². The molecule has 1 fully saturated rings. The van der Waals surface area contributed by atoms with Gasteiger partial charge in [-0.2, -0.15) is 36.7 Å². The van der Waals surface area contributed by atoms with Crippen LogP contribution in [0.2, 0.25) is 0 Å². The van der Waals surface area contributed by atoms with Crippen LogP contribution in [0, 0.1) is 0 Å². The van der Waals surface area contributed by atoms with Crippen molar-refractivity contribution in [3.05, 3.63) is 10.6 Å². The van der Waals surface area contributed by atoms with Gasteiger partial charge in [0, 0.05) is 6.04 Å². The van der Waals surface area contributed by atoms with Gasteiger partial charge in [0.05, 0.1) is 0 Å². The summed E-state index contributed by atoms with van der Waals surface area (Å²) in [7, 11) is 0. The Balaban J connectivity index is 0.00000172. The van der Waals surface area contributed by atoms with Crippen LogP contribution < -0.4 is 0 Å². The molecule has 1 aliphatic rings. The third-order valence-corrected chi connectivity index (χ3v) is 3.87. The van der Waals surface area contributed by atoms with Gasteiger partial charge in [0.25, 0.3) is 0 Å². The van der Waals surface area contributed by atoms with Crippen molar-refractivity contribution < 1.29 is 22.4 Å². The van der Waals surface area contributed by atoms with E-state index in [9.17, 15) is 0 Å². The van der Waals surface area contributed by atoms with E-state index in [1.807, 2.05) is 0 Å². The molecule has 2 atom stereocenters. The fraction of sp³-hybridized carbons (Fsp3) is 1.00. The molecule has 1 rings (SSSR count). The first kappa shape index (κ1) is 21.0. The van der Waals surface area contributed by atoms with E-state index in [-0.39, 0.29) is 0 Å². The summed E-state index contributed by atoms with van der Waals surface area (Å²) in [4.78, 5) is 2.53. The predicted octanol–water partition coefficient (Wildman–Crippen LogP) is 1.95. The van der Waals surface area contributed by atoms with Gasteiger partial charge in [-0.15, -0.1) is 0 Å². The van der Waals surface area contributed by atoms with Gasteiger partial charge in [0.15, 0.2) is 0 Å². The van der Waals surface area contributed by atoms with Crippen LogP contribution in [0.15, 0.2) is 0 Å². The summed E-state index contributed by atoms with van der Waals surface area (Å²) in [5.41, 5.74) is 0. The first-order chi connectivity index (χ1) is 9.69. The average molecular weight is 401 g/mol. The van der Waals surface area contributed by atoms with E-state index in [1.54, 1.807) is 0 Å². The average Bonchev–Trinajstić information content (AvgIpc) is 2.67. The summed E-state index contributed by atoms with van der Waals surface area (Å²) < 4.78 is 8.22. The van der Waals surface area contributed by atoms with Crippen molar-refractivity contribution in [3.8, 4) is 0 Å². The van der Waals surface area contributed by atoms with E-state index in [2.05, 4.69) is 18.7 Å². The minimum absolute atomic E-state index is 0.359. The SMILES string of the molecule is CC(C)N1CC[C@@H]([N-]CC[S-])[C@H]([N-]CC[S-])CC1.[O]=[Tc+4]. The van der Waals surface area contributed by atoms with Crippen molar-refractivity contribution in [1.29, 1.82) is 0 Å². The molecule has 1 saturated heterocycles. The Hall–Kier alpha value is 1.03. The van der Waals surface area contributed by atoms with Gasteiger partial charge in [0.2, 0.25) is 0 Å². The fourth-order valence-corrected chi connectivity index (χ4v) is 2.68. The van der Waals surface area contributed by atoms with Crippen LogP contribution >= 0.6 is 0 Å². The van der Waals surface area contributed by atoms with Crippen LogP contribution in [0.3, 0.4) is 0 Å². The third kappa shape index (κ3) is 8.47. The van der Waals surface area contributed by atoms with E-state index in [1.165, 1.54) is 0 Å². The Morgan fingerprint density at radius 3 is 1.75 bits per heavy atom. The van der Waals surface area contributed by atoms with Gasteiger partial charge in [-0.3, -0.25) is 0 Å². The summed E-state index contributed by atoms with van der Waals surface area (Å²) in [5, 5.41) is 9.46. The van der Waals surface area contributed by atoms with Gasteiger partial charge in [-0.1, -0.05) is 12.8 Å². The number of rotatable bonds is 7. The Morgan fingerprint density at radius 1 is 1.05 bits per heavy atom. The molecule has 4 nitrogen and oxygen atoms in total. The molecular weight excluding hydrogens is 376 g/mol. The number of nitrogens with zero attached hydrogens (tertiary/aromatic N) is 3. The Kier molecular flexibility index (Phi) is 14.4. The van der Waals surface area contributed by atoms with Crippen molar-refractivity contribution in [1.82, 2.24) is 4.90 Å².